The number of aryl methyl sites for hydroxylation is 1. The zero-order valence-electron chi connectivity index (χ0n) is 9.29. The Kier molecular flexibility index (Phi) is 4.03. The molecule has 0 fully saturated rings. The molecule has 0 aliphatic carbocycles. The second-order valence-corrected chi connectivity index (χ2v) is 6.28. The van der Waals surface area contributed by atoms with Crippen LogP contribution in [-0.4, -0.2) is 6.54 Å². The fourth-order valence-electron chi connectivity index (χ4n) is 1.63. The average Bonchev–Trinajstić information content (AvgIpc) is 2.86. The van der Waals surface area contributed by atoms with E-state index in [1.54, 1.807) is 22.7 Å². The van der Waals surface area contributed by atoms with Crippen LogP contribution in [0.15, 0.2) is 23.6 Å². The summed E-state index contributed by atoms with van der Waals surface area (Å²) in [6, 6.07) is 6.73. The van der Waals surface area contributed by atoms with E-state index in [1.807, 2.05) is 0 Å². The van der Waals surface area contributed by atoms with Gasteiger partial charge in [0.1, 0.15) is 0 Å². The summed E-state index contributed by atoms with van der Waals surface area (Å²) in [4.78, 5) is 2.64. The van der Waals surface area contributed by atoms with Crippen molar-refractivity contribution in [1.82, 2.24) is 5.32 Å². The SMILES string of the molecule is CCNC(c1cccs1)c1cc(C)c(Cl)s1. The molecule has 1 atom stereocenters. The summed E-state index contributed by atoms with van der Waals surface area (Å²) < 4.78 is 0.898. The molecule has 0 saturated heterocycles. The Balaban J connectivity index is 2.32. The van der Waals surface area contributed by atoms with E-state index in [-0.39, 0.29) is 0 Å². The van der Waals surface area contributed by atoms with Crippen LogP contribution in [-0.2, 0) is 0 Å². The van der Waals surface area contributed by atoms with Gasteiger partial charge in [0.2, 0.25) is 0 Å². The van der Waals surface area contributed by atoms with E-state index in [0.717, 1.165) is 10.9 Å². The highest BCUT2D eigenvalue weighted by Gasteiger charge is 2.17. The maximum absolute atomic E-state index is 6.13. The van der Waals surface area contributed by atoms with Crippen molar-refractivity contribution in [1.29, 1.82) is 0 Å². The maximum atomic E-state index is 6.13. The van der Waals surface area contributed by atoms with Crippen LogP contribution in [0.5, 0.6) is 0 Å². The molecule has 0 aliphatic rings. The molecule has 1 N–H and O–H groups in total. The molecular formula is C12H14ClNS2. The first-order chi connectivity index (χ1) is 7.72. The first-order valence-electron chi connectivity index (χ1n) is 5.25. The molecular weight excluding hydrogens is 258 g/mol. The fraction of sp³-hybridized carbons (Fsp3) is 0.333. The summed E-state index contributed by atoms with van der Waals surface area (Å²) in [5, 5.41) is 5.62. The van der Waals surface area contributed by atoms with Gasteiger partial charge in [0.05, 0.1) is 10.4 Å². The van der Waals surface area contributed by atoms with Gasteiger partial charge in [-0.3, -0.25) is 0 Å². The molecule has 0 amide bonds. The van der Waals surface area contributed by atoms with E-state index in [1.165, 1.54) is 15.3 Å². The van der Waals surface area contributed by atoms with E-state index in [0.29, 0.717) is 6.04 Å². The topological polar surface area (TPSA) is 12.0 Å². The van der Waals surface area contributed by atoms with Gasteiger partial charge in [0.25, 0.3) is 0 Å². The van der Waals surface area contributed by atoms with Crippen molar-refractivity contribution in [3.8, 4) is 0 Å². The number of rotatable bonds is 4. The summed E-state index contributed by atoms with van der Waals surface area (Å²) in [6.07, 6.45) is 0. The van der Waals surface area contributed by atoms with E-state index in [9.17, 15) is 0 Å². The monoisotopic (exact) mass is 271 g/mol. The lowest BCUT2D eigenvalue weighted by molar-refractivity contribution is 0.648. The van der Waals surface area contributed by atoms with Crippen LogP contribution in [0.2, 0.25) is 4.34 Å². The predicted octanol–water partition coefficient (Wildman–Crippen LogP) is 4.47. The van der Waals surface area contributed by atoms with Crippen molar-refractivity contribution < 1.29 is 0 Å². The van der Waals surface area contributed by atoms with Crippen molar-refractivity contribution in [3.63, 3.8) is 0 Å². The molecule has 0 spiro atoms. The average molecular weight is 272 g/mol. The highest BCUT2D eigenvalue weighted by Crippen LogP contribution is 2.35. The molecule has 86 valence electrons. The van der Waals surface area contributed by atoms with E-state index < -0.39 is 0 Å². The van der Waals surface area contributed by atoms with E-state index in [2.05, 4.69) is 42.7 Å². The van der Waals surface area contributed by atoms with Crippen molar-refractivity contribution in [2.75, 3.05) is 6.54 Å². The summed E-state index contributed by atoms with van der Waals surface area (Å²) in [6.45, 7) is 5.14. The molecule has 16 heavy (non-hydrogen) atoms. The number of hydrogen-bond donors (Lipinski definition) is 1. The minimum absolute atomic E-state index is 0.293. The van der Waals surface area contributed by atoms with Gasteiger partial charge in [0.15, 0.2) is 0 Å². The van der Waals surface area contributed by atoms with Crippen molar-refractivity contribution in [2.24, 2.45) is 0 Å². The lowest BCUT2D eigenvalue weighted by atomic mass is 10.2. The van der Waals surface area contributed by atoms with E-state index >= 15 is 0 Å². The molecule has 2 aromatic rings. The van der Waals surface area contributed by atoms with Gasteiger partial charge in [-0.25, -0.2) is 0 Å². The molecule has 2 rings (SSSR count). The third-order valence-corrected chi connectivity index (χ3v) is 4.95. The summed E-state index contributed by atoms with van der Waals surface area (Å²) in [7, 11) is 0. The zero-order valence-corrected chi connectivity index (χ0v) is 11.7. The van der Waals surface area contributed by atoms with E-state index in [4.69, 9.17) is 11.6 Å². The highest BCUT2D eigenvalue weighted by atomic mass is 35.5. The molecule has 0 bridgehead atoms. The second-order valence-electron chi connectivity index (χ2n) is 3.61. The third kappa shape index (κ3) is 2.48. The van der Waals surface area contributed by atoms with Crippen LogP contribution in [0.25, 0.3) is 0 Å². The van der Waals surface area contributed by atoms with Gasteiger partial charge < -0.3 is 5.32 Å². The largest absolute Gasteiger partial charge is 0.305 e. The summed E-state index contributed by atoms with van der Waals surface area (Å²) in [5.41, 5.74) is 1.17. The number of thiophene rings is 2. The predicted molar refractivity (Wildman–Crippen MR) is 73.9 cm³/mol. The molecule has 1 unspecified atom stereocenters. The summed E-state index contributed by atoms with van der Waals surface area (Å²) in [5.74, 6) is 0. The molecule has 0 saturated carbocycles. The van der Waals surface area contributed by atoms with Crippen LogP contribution in [0.1, 0.15) is 28.3 Å². The Hall–Kier alpha value is -0.350. The Morgan fingerprint density at radius 3 is 2.75 bits per heavy atom. The van der Waals surface area contributed by atoms with Gasteiger partial charge >= 0.3 is 0 Å². The molecule has 1 nitrogen and oxygen atoms in total. The van der Waals surface area contributed by atoms with Crippen LogP contribution < -0.4 is 5.32 Å². The Bertz CT molecular complexity index is 428. The second kappa shape index (κ2) is 5.32. The molecule has 4 heteroatoms. The van der Waals surface area contributed by atoms with Gasteiger partial charge in [-0.2, -0.15) is 0 Å². The molecule has 2 heterocycles. The van der Waals surface area contributed by atoms with Crippen molar-refractivity contribution in [3.05, 3.63) is 43.2 Å². The number of hydrogen-bond acceptors (Lipinski definition) is 3. The minimum Gasteiger partial charge on any atom is -0.305 e. The molecule has 2 aromatic heterocycles. The lowest BCUT2D eigenvalue weighted by Gasteiger charge is -2.14. The zero-order chi connectivity index (χ0) is 11.5. The van der Waals surface area contributed by atoms with Gasteiger partial charge in [-0.1, -0.05) is 24.6 Å². The minimum atomic E-state index is 0.293. The van der Waals surface area contributed by atoms with Gasteiger partial charge in [-0.05, 0) is 36.5 Å². The highest BCUT2D eigenvalue weighted by molar-refractivity contribution is 7.16. The van der Waals surface area contributed by atoms with Crippen LogP contribution in [0.3, 0.4) is 0 Å². The summed E-state index contributed by atoms with van der Waals surface area (Å²) >= 11 is 9.58. The Labute approximate surface area is 109 Å². The van der Waals surface area contributed by atoms with Crippen molar-refractivity contribution >= 4 is 34.3 Å². The van der Waals surface area contributed by atoms with Crippen LogP contribution in [0.4, 0.5) is 0 Å². The van der Waals surface area contributed by atoms with Crippen molar-refractivity contribution in [2.45, 2.75) is 19.9 Å². The molecule has 0 radical (unpaired) electrons. The standard InChI is InChI=1S/C12H14ClNS2/c1-3-14-11(9-5-4-6-15-9)10-7-8(2)12(13)16-10/h4-7,11,14H,3H2,1-2H3. The van der Waals surface area contributed by atoms with Crippen LogP contribution >= 0.6 is 34.3 Å². The first kappa shape index (κ1) is 12.1. The molecule has 0 aromatic carbocycles. The normalized spacial score (nSPS) is 12.9. The Morgan fingerprint density at radius 2 is 2.25 bits per heavy atom. The quantitative estimate of drug-likeness (QED) is 0.865. The lowest BCUT2D eigenvalue weighted by Crippen LogP contribution is -2.20. The first-order valence-corrected chi connectivity index (χ1v) is 7.32. The molecule has 0 aliphatic heterocycles. The maximum Gasteiger partial charge on any atom is 0.0961 e. The fourth-order valence-corrected chi connectivity index (χ4v) is 3.83. The number of halogens is 1. The van der Waals surface area contributed by atoms with Crippen LogP contribution in [0, 0.1) is 6.92 Å². The van der Waals surface area contributed by atoms with Gasteiger partial charge in [0, 0.05) is 9.75 Å². The smallest absolute Gasteiger partial charge is 0.0961 e. The Morgan fingerprint density at radius 1 is 1.44 bits per heavy atom. The third-order valence-electron chi connectivity index (χ3n) is 2.40. The van der Waals surface area contributed by atoms with Gasteiger partial charge in [-0.15, -0.1) is 22.7 Å². The number of nitrogens with one attached hydrogen (secondary N) is 1.